The fourth-order valence-electron chi connectivity index (χ4n) is 2.06. The molecule has 0 amide bonds. The molecule has 3 N–H and O–H groups in total. The minimum atomic E-state index is 0.0687. The molecule has 1 aromatic rings. The third kappa shape index (κ3) is 1.84. The molecule has 0 bridgehead atoms. The summed E-state index contributed by atoms with van der Waals surface area (Å²) in [6, 6.07) is 0.746. The normalized spacial score (nSPS) is 27.4. The second-order valence-electron chi connectivity index (χ2n) is 4.64. The number of nitrogens with two attached hydrogens (primary N) is 1. The molecular formula is C10H18N4O2. The molecule has 0 radical (unpaired) electrons. The van der Waals surface area contributed by atoms with Crippen LogP contribution >= 0.6 is 0 Å². The summed E-state index contributed by atoms with van der Waals surface area (Å²) in [5, 5.41) is 10.6. The predicted octanol–water partition coefficient (Wildman–Crippen LogP) is 1.27. The van der Waals surface area contributed by atoms with Gasteiger partial charge in [-0.15, -0.1) is 0 Å². The largest absolute Gasteiger partial charge is 0.390 e. The van der Waals surface area contributed by atoms with E-state index in [0.29, 0.717) is 6.01 Å². The highest BCUT2D eigenvalue weighted by Gasteiger charge is 2.49. The van der Waals surface area contributed by atoms with Crippen molar-refractivity contribution in [3.05, 3.63) is 0 Å². The number of hydrogen-bond acceptors (Lipinski definition) is 6. The number of rotatable bonds is 4. The highest BCUT2D eigenvalue weighted by Crippen LogP contribution is 2.44. The van der Waals surface area contributed by atoms with Crippen LogP contribution in [0.1, 0.15) is 27.2 Å². The predicted molar refractivity (Wildman–Crippen MR) is 59.9 cm³/mol. The topological polar surface area (TPSA) is 86.2 Å². The molecule has 0 saturated heterocycles. The first-order valence-electron chi connectivity index (χ1n) is 5.51. The van der Waals surface area contributed by atoms with Crippen LogP contribution in [-0.2, 0) is 4.74 Å². The van der Waals surface area contributed by atoms with Crippen molar-refractivity contribution in [3.8, 4) is 0 Å². The van der Waals surface area contributed by atoms with Gasteiger partial charge in [-0.25, -0.2) is 0 Å². The van der Waals surface area contributed by atoms with E-state index < -0.39 is 0 Å². The third-order valence-electron chi connectivity index (χ3n) is 3.28. The van der Waals surface area contributed by atoms with Gasteiger partial charge in [-0.3, -0.25) is 0 Å². The lowest BCUT2D eigenvalue weighted by Crippen LogP contribution is -2.58. The number of aromatic nitrogens is 2. The number of hydrogen-bond donors (Lipinski definition) is 2. The minimum absolute atomic E-state index is 0.0687. The molecule has 0 aromatic carbocycles. The second-order valence-corrected chi connectivity index (χ2v) is 4.64. The number of nitrogens with one attached hydrogen (secondary N) is 1. The fraction of sp³-hybridized carbons (Fsp3) is 0.800. The lowest BCUT2D eigenvalue weighted by atomic mass is 9.64. The smallest absolute Gasteiger partial charge is 0.317 e. The van der Waals surface area contributed by atoms with Crippen molar-refractivity contribution in [2.24, 2.45) is 5.41 Å². The molecule has 90 valence electrons. The molecule has 16 heavy (non-hydrogen) atoms. The van der Waals surface area contributed by atoms with Crippen molar-refractivity contribution in [1.29, 1.82) is 0 Å². The summed E-state index contributed by atoms with van der Waals surface area (Å²) in [5.74, 6) is 0. The van der Waals surface area contributed by atoms with Crippen molar-refractivity contribution in [1.82, 2.24) is 10.2 Å². The second kappa shape index (κ2) is 3.93. The van der Waals surface area contributed by atoms with Gasteiger partial charge in [0.1, 0.15) is 0 Å². The van der Waals surface area contributed by atoms with Gasteiger partial charge in [-0.1, -0.05) is 24.0 Å². The van der Waals surface area contributed by atoms with E-state index >= 15 is 0 Å². The van der Waals surface area contributed by atoms with Crippen LogP contribution in [0.25, 0.3) is 0 Å². The molecule has 1 fully saturated rings. The van der Waals surface area contributed by atoms with Crippen LogP contribution < -0.4 is 11.1 Å². The maximum Gasteiger partial charge on any atom is 0.317 e. The monoisotopic (exact) mass is 226 g/mol. The molecule has 1 heterocycles. The van der Waals surface area contributed by atoms with Gasteiger partial charge in [0.2, 0.25) is 0 Å². The van der Waals surface area contributed by atoms with Gasteiger partial charge in [-0.2, -0.15) is 0 Å². The van der Waals surface area contributed by atoms with Crippen molar-refractivity contribution in [2.45, 2.75) is 39.3 Å². The molecule has 1 saturated carbocycles. The zero-order valence-corrected chi connectivity index (χ0v) is 9.86. The molecule has 1 aliphatic carbocycles. The van der Waals surface area contributed by atoms with Crippen molar-refractivity contribution >= 4 is 12.0 Å². The summed E-state index contributed by atoms with van der Waals surface area (Å²) in [6.45, 7) is 7.08. The summed E-state index contributed by atoms with van der Waals surface area (Å²) in [7, 11) is 0. The Labute approximate surface area is 94.6 Å². The average Bonchev–Trinajstić information content (AvgIpc) is 2.63. The summed E-state index contributed by atoms with van der Waals surface area (Å²) in [6.07, 6.45) is 1.23. The lowest BCUT2D eigenvalue weighted by molar-refractivity contribution is -0.0980. The maximum atomic E-state index is 5.63. The Bertz CT molecular complexity index is 363. The Morgan fingerprint density at radius 1 is 1.56 bits per heavy atom. The van der Waals surface area contributed by atoms with E-state index in [9.17, 15) is 0 Å². The van der Waals surface area contributed by atoms with Crippen molar-refractivity contribution < 1.29 is 9.15 Å². The summed E-state index contributed by atoms with van der Waals surface area (Å²) in [4.78, 5) is 0. The zero-order chi connectivity index (χ0) is 11.8. The van der Waals surface area contributed by atoms with Gasteiger partial charge >= 0.3 is 12.0 Å². The van der Waals surface area contributed by atoms with Crippen LogP contribution in [-0.4, -0.2) is 29.0 Å². The Balaban J connectivity index is 1.94. The van der Waals surface area contributed by atoms with Crippen LogP contribution in [0.4, 0.5) is 12.0 Å². The standard InChI is InChI=1S/C10H18N4O2/c1-4-15-7-5-6(10(7,2)3)12-9-14-13-8(11)16-9/h6-7H,4-5H2,1-3H3,(H2,11,13)(H,12,14). The van der Waals surface area contributed by atoms with E-state index in [1.165, 1.54) is 0 Å². The van der Waals surface area contributed by atoms with E-state index in [1.54, 1.807) is 0 Å². The van der Waals surface area contributed by atoms with Crippen LogP contribution in [0.5, 0.6) is 0 Å². The van der Waals surface area contributed by atoms with E-state index in [2.05, 4.69) is 29.4 Å². The average molecular weight is 226 g/mol. The molecular weight excluding hydrogens is 208 g/mol. The Morgan fingerprint density at radius 3 is 2.81 bits per heavy atom. The number of nitrogens with zero attached hydrogens (tertiary/aromatic N) is 2. The van der Waals surface area contributed by atoms with Gasteiger partial charge in [0.05, 0.1) is 6.10 Å². The molecule has 1 aromatic heterocycles. The number of anilines is 2. The SMILES string of the molecule is CCOC1CC(Nc2nnc(N)o2)C1(C)C. The van der Waals surface area contributed by atoms with Gasteiger partial charge in [0.15, 0.2) is 0 Å². The number of ether oxygens (including phenoxy) is 1. The highest BCUT2D eigenvalue weighted by atomic mass is 16.5. The Morgan fingerprint density at radius 2 is 2.31 bits per heavy atom. The van der Waals surface area contributed by atoms with Crippen LogP contribution in [0.15, 0.2) is 4.42 Å². The molecule has 6 nitrogen and oxygen atoms in total. The maximum absolute atomic E-state index is 5.63. The first kappa shape index (κ1) is 11.2. The molecule has 0 aliphatic heterocycles. The van der Waals surface area contributed by atoms with Crippen LogP contribution in [0.2, 0.25) is 0 Å². The van der Waals surface area contributed by atoms with Gasteiger partial charge < -0.3 is 20.2 Å². The number of nitrogen functional groups attached to an aromatic ring is 1. The van der Waals surface area contributed by atoms with Crippen molar-refractivity contribution in [3.63, 3.8) is 0 Å². The van der Waals surface area contributed by atoms with E-state index in [1.807, 2.05) is 6.92 Å². The highest BCUT2D eigenvalue weighted by molar-refractivity contribution is 5.28. The molecule has 2 rings (SSSR count). The minimum Gasteiger partial charge on any atom is -0.390 e. The van der Waals surface area contributed by atoms with Gasteiger partial charge in [0, 0.05) is 18.1 Å². The molecule has 1 aliphatic rings. The fourth-order valence-corrected chi connectivity index (χ4v) is 2.06. The van der Waals surface area contributed by atoms with Gasteiger partial charge in [-0.05, 0) is 13.3 Å². The van der Waals surface area contributed by atoms with Crippen LogP contribution in [0.3, 0.4) is 0 Å². The third-order valence-corrected chi connectivity index (χ3v) is 3.28. The first-order valence-corrected chi connectivity index (χ1v) is 5.51. The quantitative estimate of drug-likeness (QED) is 0.804. The Hall–Kier alpha value is -1.30. The van der Waals surface area contributed by atoms with Gasteiger partial charge in [0.25, 0.3) is 0 Å². The molecule has 2 unspecified atom stereocenters. The summed E-state index contributed by atoms with van der Waals surface area (Å²) in [5.41, 5.74) is 5.42. The summed E-state index contributed by atoms with van der Waals surface area (Å²) >= 11 is 0. The Kier molecular flexibility index (Phi) is 2.75. The molecule has 6 heteroatoms. The van der Waals surface area contributed by atoms with E-state index in [4.69, 9.17) is 14.9 Å². The summed E-state index contributed by atoms with van der Waals surface area (Å²) < 4.78 is 10.7. The first-order chi connectivity index (χ1) is 7.54. The lowest BCUT2D eigenvalue weighted by Gasteiger charge is -2.51. The van der Waals surface area contributed by atoms with E-state index in [0.717, 1.165) is 13.0 Å². The van der Waals surface area contributed by atoms with Crippen molar-refractivity contribution in [2.75, 3.05) is 17.7 Å². The zero-order valence-electron chi connectivity index (χ0n) is 9.86. The molecule has 2 atom stereocenters. The molecule has 0 spiro atoms. The van der Waals surface area contributed by atoms with E-state index in [-0.39, 0.29) is 23.6 Å². The van der Waals surface area contributed by atoms with Crippen LogP contribution in [0, 0.1) is 5.41 Å².